The average molecular weight is 167 g/mol. The van der Waals surface area contributed by atoms with Crippen LogP contribution in [0.1, 0.15) is 24.3 Å². The quantitative estimate of drug-likeness (QED) is 0.502. The minimum Gasteiger partial charge on any atom is -0.211 e. The Labute approximate surface area is 69.6 Å². The van der Waals surface area contributed by atoms with Crippen LogP contribution in [-0.2, 0) is 4.79 Å². The molecule has 0 bridgehead atoms. The third-order valence-electron chi connectivity index (χ3n) is 1.47. The molecule has 0 amide bonds. The Bertz CT molecular complexity index is 249. The molecular weight excluding hydrogens is 158 g/mol. The van der Waals surface area contributed by atoms with E-state index in [0.29, 0.717) is 0 Å². The maximum absolute atomic E-state index is 9.98. The fourth-order valence-electron chi connectivity index (χ4n) is 0.901. The maximum Gasteiger partial charge on any atom is 0.235 e. The Kier molecular flexibility index (Phi) is 3.02. The summed E-state index contributed by atoms with van der Waals surface area (Å²) in [5, 5.41) is 1.98. The summed E-state index contributed by atoms with van der Waals surface area (Å²) in [7, 11) is 0. The van der Waals surface area contributed by atoms with Crippen molar-refractivity contribution in [3.8, 4) is 0 Å². The predicted octanol–water partition coefficient (Wildman–Crippen LogP) is 2.54. The van der Waals surface area contributed by atoms with Crippen molar-refractivity contribution in [2.75, 3.05) is 0 Å². The molecule has 58 valence electrons. The highest BCUT2D eigenvalue weighted by Gasteiger charge is 2.06. The lowest BCUT2D eigenvalue weighted by Crippen LogP contribution is -1.87. The summed E-state index contributed by atoms with van der Waals surface area (Å²) in [5.74, 6) is 0. The Morgan fingerprint density at radius 2 is 2.64 bits per heavy atom. The molecule has 0 radical (unpaired) electrons. The van der Waals surface area contributed by atoms with Gasteiger partial charge in [0.05, 0.1) is 6.04 Å². The monoisotopic (exact) mass is 167 g/mol. The van der Waals surface area contributed by atoms with E-state index in [-0.39, 0.29) is 6.04 Å². The maximum atomic E-state index is 9.98. The van der Waals surface area contributed by atoms with Crippen molar-refractivity contribution in [2.24, 2.45) is 4.99 Å². The van der Waals surface area contributed by atoms with E-state index in [0.717, 1.165) is 11.3 Å². The second-order valence-electron chi connectivity index (χ2n) is 2.16. The van der Waals surface area contributed by atoms with Crippen molar-refractivity contribution in [2.45, 2.75) is 19.4 Å². The lowest BCUT2D eigenvalue weighted by atomic mass is 10.2. The van der Waals surface area contributed by atoms with Crippen LogP contribution in [0.3, 0.4) is 0 Å². The standard InChI is InChI=1S/C8H9NOS/c1-2-7(9-6-10)8-4-3-5-11-8/h3-5,7H,2H2,1H3/t7-/m1/s1. The van der Waals surface area contributed by atoms with Crippen LogP contribution in [0.25, 0.3) is 0 Å². The Hall–Kier alpha value is -0.920. The zero-order valence-corrected chi connectivity index (χ0v) is 7.10. The number of thiophene rings is 1. The van der Waals surface area contributed by atoms with Gasteiger partial charge in [-0.05, 0) is 17.9 Å². The Morgan fingerprint density at radius 1 is 1.82 bits per heavy atom. The van der Waals surface area contributed by atoms with E-state index < -0.39 is 0 Å². The summed E-state index contributed by atoms with van der Waals surface area (Å²) < 4.78 is 0. The Balaban J connectivity index is 2.79. The van der Waals surface area contributed by atoms with Gasteiger partial charge in [0.2, 0.25) is 6.08 Å². The molecule has 11 heavy (non-hydrogen) atoms. The molecular formula is C8H9NOS. The van der Waals surface area contributed by atoms with Gasteiger partial charge in [0.15, 0.2) is 0 Å². The first-order valence-corrected chi connectivity index (χ1v) is 4.36. The van der Waals surface area contributed by atoms with Gasteiger partial charge >= 0.3 is 0 Å². The second-order valence-corrected chi connectivity index (χ2v) is 3.14. The molecule has 1 rings (SSSR count). The van der Waals surface area contributed by atoms with Crippen LogP contribution in [0.15, 0.2) is 22.5 Å². The minimum atomic E-state index is 0.0208. The molecule has 0 aliphatic heterocycles. The fraction of sp³-hybridized carbons (Fsp3) is 0.375. The number of carbonyl (C=O) groups excluding carboxylic acids is 1. The third-order valence-corrected chi connectivity index (χ3v) is 2.44. The first-order valence-electron chi connectivity index (χ1n) is 3.49. The van der Waals surface area contributed by atoms with E-state index >= 15 is 0 Å². The van der Waals surface area contributed by atoms with E-state index in [9.17, 15) is 4.79 Å². The van der Waals surface area contributed by atoms with Gasteiger partial charge in [0, 0.05) is 4.88 Å². The highest BCUT2D eigenvalue weighted by Crippen LogP contribution is 2.24. The summed E-state index contributed by atoms with van der Waals surface area (Å²) >= 11 is 1.62. The molecule has 0 N–H and O–H groups in total. The molecule has 1 atom stereocenters. The van der Waals surface area contributed by atoms with Crippen molar-refractivity contribution in [1.82, 2.24) is 0 Å². The van der Waals surface area contributed by atoms with Crippen LogP contribution in [0, 0.1) is 0 Å². The first kappa shape index (κ1) is 8.18. The van der Waals surface area contributed by atoms with Crippen LogP contribution in [0.5, 0.6) is 0 Å². The SMILES string of the molecule is CC[C@@H](N=C=O)c1cccs1. The number of nitrogens with zero attached hydrogens (tertiary/aromatic N) is 1. The molecule has 0 aromatic carbocycles. The summed E-state index contributed by atoms with van der Waals surface area (Å²) in [6, 6.07) is 3.97. The highest BCUT2D eigenvalue weighted by atomic mass is 32.1. The van der Waals surface area contributed by atoms with Gasteiger partial charge in [-0.25, -0.2) is 4.79 Å². The lowest BCUT2D eigenvalue weighted by molar-refractivity contribution is 0.556. The van der Waals surface area contributed by atoms with E-state index in [1.165, 1.54) is 0 Å². The van der Waals surface area contributed by atoms with Gasteiger partial charge in [0.25, 0.3) is 0 Å². The Morgan fingerprint density at radius 3 is 3.09 bits per heavy atom. The van der Waals surface area contributed by atoms with Crippen LogP contribution < -0.4 is 0 Å². The van der Waals surface area contributed by atoms with E-state index in [4.69, 9.17) is 0 Å². The largest absolute Gasteiger partial charge is 0.235 e. The van der Waals surface area contributed by atoms with Crippen LogP contribution in [-0.4, -0.2) is 6.08 Å². The normalized spacial score (nSPS) is 12.1. The van der Waals surface area contributed by atoms with Crippen molar-refractivity contribution in [1.29, 1.82) is 0 Å². The van der Waals surface area contributed by atoms with Crippen molar-refractivity contribution < 1.29 is 4.79 Å². The highest BCUT2D eigenvalue weighted by molar-refractivity contribution is 7.10. The molecule has 0 aliphatic carbocycles. The topological polar surface area (TPSA) is 29.4 Å². The minimum absolute atomic E-state index is 0.0208. The molecule has 0 saturated carbocycles. The van der Waals surface area contributed by atoms with Gasteiger partial charge in [-0.3, -0.25) is 0 Å². The molecule has 3 heteroatoms. The molecule has 0 fully saturated rings. The summed E-state index contributed by atoms with van der Waals surface area (Å²) in [6.07, 6.45) is 2.45. The zero-order chi connectivity index (χ0) is 8.10. The number of isocyanates is 1. The van der Waals surface area contributed by atoms with Gasteiger partial charge in [-0.2, -0.15) is 4.99 Å². The molecule has 2 nitrogen and oxygen atoms in total. The zero-order valence-electron chi connectivity index (χ0n) is 6.28. The second kappa shape index (κ2) is 4.06. The summed E-state index contributed by atoms with van der Waals surface area (Å²) in [6.45, 7) is 2.01. The molecule has 1 aromatic rings. The lowest BCUT2D eigenvalue weighted by Gasteiger charge is -2.02. The van der Waals surface area contributed by atoms with Gasteiger partial charge < -0.3 is 0 Å². The van der Waals surface area contributed by atoms with E-state index in [2.05, 4.69) is 4.99 Å². The average Bonchev–Trinajstić information content (AvgIpc) is 2.52. The van der Waals surface area contributed by atoms with Gasteiger partial charge in [0.1, 0.15) is 0 Å². The van der Waals surface area contributed by atoms with Gasteiger partial charge in [-0.15, -0.1) is 11.3 Å². The summed E-state index contributed by atoms with van der Waals surface area (Å²) in [4.78, 5) is 14.8. The van der Waals surface area contributed by atoms with Crippen molar-refractivity contribution >= 4 is 17.4 Å². The van der Waals surface area contributed by atoms with Crippen LogP contribution >= 0.6 is 11.3 Å². The van der Waals surface area contributed by atoms with E-state index in [1.54, 1.807) is 17.4 Å². The van der Waals surface area contributed by atoms with Crippen molar-refractivity contribution in [3.05, 3.63) is 22.4 Å². The van der Waals surface area contributed by atoms with Gasteiger partial charge in [-0.1, -0.05) is 13.0 Å². The smallest absolute Gasteiger partial charge is 0.211 e. The predicted molar refractivity (Wildman–Crippen MR) is 45.5 cm³/mol. The van der Waals surface area contributed by atoms with Crippen LogP contribution in [0.2, 0.25) is 0 Å². The molecule has 0 saturated heterocycles. The number of rotatable bonds is 3. The molecule has 0 spiro atoms. The van der Waals surface area contributed by atoms with Crippen LogP contribution in [0.4, 0.5) is 0 Å². The number of hydrogen-bond donors (Lipinski definition) is 0. The molecule has 0 unspecified atom stereocenters. The molecule has 0 aliphatic rings. The van der Waals surface area contributed by atoms with Crippen molar-refractivity contribution in [3.63, 3.8) is 0 Å². The summed E-state index contributed by atoms with van der Waals surface area (Å²) in [5.41, 5.74) is 0. The number of hydrogen-bond acceptors (Lipinski definition) is 3. The first-order chi connectivity index (χ1) is 5.38. The third kappa shape index (κ3) is 2.00. The number of aliphatic imine (C=N–C) groups is 1. The molecule has 1 aromatic heterocycles. The fourth-order valence-corrected chi connectivity index (χ4v) is 1.75. The van der Waals surface area contributed by atoms with E-state index in [1.807, 2.05) is 24.4 Å². The molecule has 1 heterocycles.